The molecule has 1 aliphatic heterocycles. The van der Waals surface area contributed by atoms with Crippen LogP contribution < -0.4 is 0 Å². The van der Waals surface area contributed by atoms with Crippen LogP contribution in [0.15, 0.2) is 35.7 Å². The van der Waals surface area contributed by atoms with Gasteiger partial charge in [0.05, 0.1) is 23.1 Å². The Balaban J connectivity index is 1.37. The zero-order valence-corrected chi connectivity index (χ0v) is 15.2. The van der Waals surface area contributed by atoms with Crippen molar-refractivity contribution in [2.75, 3.05) is 13.1 Å². The molecule has 0 unspecified atom stereocenters. The quantitative estimate of drug-likeness (QED) is 0.705. The summed E-state index contributed by atoms with van der Waals surface area (Å²) < 4.78 is 1.96. The lowest BCUT2D eigenvalue weighted by Crippen LogP contribution is -2.35. The Bertz CT molecular complexity index is 795. The summed E-state index contributed by atoms with van der Waals surface area (Å²) in [6.07, 6.45) is 10.9. The predicted octanol–water partition coefficient (Wildman–Crippen LogP) is 2.79. The van der Waals surface area contributed by atoms with Crippen LogP contribution in [0, 0.1) is 5.92 Å². The first-order chi connectivity index (χ1) is 12.3. The summed E-state index contributed by atoms with van der Waals surface area (Å²) in [5.41, 5.74) is 4.99. The molecule has 0 bridgehead atoms. The minimum absolute atomic E-state index is 0.640. The fraction of sp³-hybridized carbons (Fsp3) is 0.444. The maximum atomic E-state index is 4.63. The normalized spacial score (nSPS) is 18.5. The summed E-state index contributed by atoms with van der Waals surface area (Å²) in [4.78, 5) is 20.4. The third-order valence-electron chi connectivity index (χ3n) is 4.73. The molecular formula is C18H22N6S. The summed E-state index contributed by atoms with van der Waals surface area (Å²) in [5.74, 6) is 1.49. The minimum atomic E-state index is 0.640. The van der Waals surface area contributed by atoms with Gasteiger partial charge in [-0.3, -0.25) is 9.88 Å². The lowest BCUT2D eigenvalue weighted by atomic mass is 9.93. The summed E-state index contributed by atoms with van der Waals surface area (Å²) in [6, 6.07) is 0. The lowest BCUT2D eigenvalue weighted by Gasteiger charge is -2.32. The molecule has 6 nitrogen and oxygen atoms in total. The van der Waals surface area contributed by atoms with Gasteiger partial charge in [-0.25, -0.2) is 15.0 Å². The van der Waals surface area contributed by atoms with Gasteiger partial charge in [-0.1, -0.05) is 0 Å². The van der Waals surface area contributed by atoms with Crippen LogP contribution in [0.1, 0.15) is 24.2 Å². The first-order valence-electron chi connectivity index (χ1n) is 8.66. The van der Waals surface area contributed by atoms with E-state index in [1.165, 1.54) is 18.5 Å². The molecule has 0 aliphatic carbocycles. The Hall–Kier alpha value is -2.12. The zero-order valence-electron chi connectivity index (χ0n) is 14.4. The van der Waals surface area contributed by atoms with Gasteiger partial charge in [-0.05, 0) is 31.7 Å². The van der Waals surface area contributed by atoms with E-state index in [9.17, 15) is 0 Å². The summed E-state index contributed by atoms with van der Waals surface area (Å²) in [5, 5.41) is 2.14. The molecule has 130 valence electrons. The topological polar surface area (TPSA) is 59.7 Å². The van der Waals surface area contributed by atoms with Crippen molar-refractivity contribution in [3.63, 3.8) is 0 Å². The molecule has 0 spiro atoms. The van der Waals surface area contributed by atoms with Crippen LogP contribution in [0.25, 0.3) is 11.5 Å². The Morgan fingerprint density at radius 2 is 2.12 bits per heavy atom. The molecule has 4 rings (SSSR count). The number of likely N-dealkylation sites (tertiary alicyclic amines) is 1. The van der Waals surface area contributed by atoms with Crippen LogP contribution in [-0.4, -0.2) is 42.5 Å². The summed E-state index contributed by atoms with van der Waals surface area (Å²) in [7, 11) is 1.97. The molecule has 3 aromatic rings. The van der Waals surface area contributed by atoms with Crippen LogP contribution >= 0.6 is 11.3 Å². The second-order valence-electron chi connectivity index (χ2n) is 6.68. The van der Waals surface area contributed by atoms with Crippen molar-refractivity contribution >= 4 is 11.3 Å². The molecule has 3 aromatic heterocycles. The second-order valence-corrected chi connectivity index (χ2v) is 7.40. The van der Waals surface area contributed by atoms with Gasteiger partial charge in [0.15, 0.2) is 5.82 Å². The predicted molar refractivity (Wildman–Crippen MR) is 98.1 cm³/mol. The smallest absolute Gasteiger partial charge is 0.159 e. The van der Waals surface area contributed by atoms with E-state index >= 15 is 0 Å². The average Bonchev–Trinajstić information content (AvgIpc) is 3.28. The summed E-state index contributed by atoms with van der Waals surface area (Å²) in [6.45, 7) is 3.24. The Morgan fingerprint density at radius 3 is 2.84 bits per heavy atom. The number of piperidine rings is 1. The molecule has 4 heterocycles. The van der Waals surface area contributed by atoms with E-state index in [0.717, 1.165) is 43.3 Å². The molecule has 1 saturated heterocycles. The highest BCUT2D eigenvalue weighted by atomic mass is 32.1. The van der Waals surface area contributed by atoms with Gasteiger partial charge in [0.2, 0.25) is 0 Å². The highest BCUT2D eigenvalue weighted by Crippen LogP contribution is 2.22. The van der Waals surface area contributed by atoms with Crippen molar-refractivity contribution in [3.05, 3.63) is 47.1 Å². The van der Waals surface area contributed by atoms with Crippen LogP contribution in [0.2, 0.25) is 0 Å². The SMILES string of the molecule is Cn1ccnc1-c1cnc(C[C@H]2CCCN(Cc3cscn3)C2)cn1. The maximum absolute atomic E-state index is 4.63. The number of hydrogen-bond donors (Lipinski definition) is 0. The largest absolute Gasteiger partial charge is 0.333 e. The third kappa shape index (κ3) is 3.93. The fourth-order valence-electron chi connectivity index (χ4n) is 3.49. The number of thiazole rings is 1. The van der Waals surface area contributed by atoms with Crippen LogP contribution in [-0.2, 0) is 20.0 Å². The third-order valence-corrected chi connectivity index (χ3v) is 5.36. The van der Waals surface area contributed by atoms with Gasteiger partial charge >= 0.3 is 0 Å². The van der Waals surface area contributed by atoms with Gasteiger partial charge in [0.25, 0.3) is 0 Å². The monoisotopic (exact) mass is 354 g/mol. The van der Waals surface area contributed by atoms with Gasteiger partial charge < -0.3 is 4.57 Å². The number of imidazole rings is 1. The van der Waals surface area contributed by atoms with Crippen molar-refractivity contribution in [1.82, 2.24) is 29.4 Å². The number of aromatic nitrogens is 5. The van der Waals surface area contributed by atoms with E-state index in [1.807, 2.05) is 35.7 Å². The number of rotatable bonds is 5. The Kier molecular flexibility index (Phi) is 4.85. The molecular weight excluding hydrogens is 332 g/mol. The molecule has 0 saturated carbocycles. The van der Waals surface area contributed by atoms with Gasteiger partial charge in [0.1, 0.15) is 5.69 Å². The Labute approximate surface area is 151 Å². The molecule has 0 aromatic carbocycles. The maximum Gasteiger partial charge on any atom is 0.159 e. The number of hydrogen-bond acceptors (Lipinski definition) is 6. The fourth-order valence-corrected chi connectivity index (χ4v) is 4.04. The van der Waals surface area contributed by atoms with Crippen LogP contribution in [0.3, 0.4) is 0 Å². The van der Waals surface area contributed by atoms with E-state index in [4.69, 9.17) is 0 Å². The van der Waals surface area contributed by atoms with Crippen molar-refractivity contribution in [2.24, 2.45) is 13.0 Å². The van der Waals surface area contributed by atoms with E-state index in [-0.39, 0.29) is 0 Å². The van der Waals surface area contributed by atoms with Crippen molar-refractivity contribution in [2.45, 2.75) is 25.8 Å². The highest BCUT2D eigenvalue weighted by molar-refractivity contribution is 7.07. The van der Waals surface area contributed by atoms with Crippen LogP contribution in [0.4, 0.5) is 0 Å². The molecule has 1 atom stereocenters. The van der Waals surface area contributed by atoms with Crippen molar-refractivity contribution < 1.29 is 0 Å². The van der Waals surface area contributed by atoms with E-state index in [2.05, 4.69) is 30.2 Å². The molecule has 0 N–H and O–H groups in total. The van der Waals surface area contributed by atoms with Crippen molar-refractivity contribution in [1.29, 1.82) is 0 Å². The summed E-state index contributed by atoms with van der Waals surface area (Å²) >= 11 is 1.67. The Morgan fingerprint density at radius 1 is 1.16 bits per heavy atom. The van der Waals surface area contributed by atoms with E-state index < -0.39 is 0 Å². The lowest BCUT2D eigenvalue weighted by molar-refractivity contribution is 0.165. The van der Waals surface area contributed by atoms with Crippen LogP contribution in [0.5, 0.6) is 0 Å². The first kappa shape index (κ1) is 16.4. The molecule has 7 heteroatoms. The first-order valence-corrected chi connectivity index (χ1v) is 9.60. The van der Waals surface area contributed by atoms with Gasteiger partial charge in [-0.15, -0.1) is 11.3 Å². The van der Waals surface area contributed by atoms with Gasteiger partial charge in [-0.2, -0.15) is 0 Å². The second kappa shape index (κ2) is 7.41. The number of nitrogens with zero attached hydrogens (tertiary/aromatic N) is 6. The molecule has 25 heavy (non-hydrogen) atoms. The van der Waals surface area contributed by atoms with Crippen molar-refractivity contribution in [3.8, 4) is 11.5 Å². The minimum Gasteiger partial charge on any atom is -0.333 e. The molecule has 1 fully saturated rings. The highest BCUT2D eigenvalue weighted by Gasteiger charge is 2.21. The van der Waals surface area contributed by atoms with Gasteiger partial charge in [0, 0.05) is 44.1 Å². The molecule has 1 aliphatic rings. The van der Waals surface area contributed by atoms with E-state index in [1.54, 1.807) is 17.5 Å². The molecule has 0 radical (unpaired) electrons. The average molecular weight is 354 g/mol. The zero-order chi connectivity index (χ0) is 17.1. The standard InChI is InChI=1S/C18H22N6S/c1-23-6-4-19-18(23)17-9-20-15(8-21-17)7-14-3-2-5-24(10-14)11-16-12-25-13-22-16/h4,6,8-9,12-14H,2-3,5,7,10-11H2,1H3/t14-/m1/s1. The number of aryl methyl sites for hydroxylation is 1. The molecule has 0 amide bonds. The van der Waals surface area contributed by atoms with E-state index in [0.29, 0.717) is 5.92 Å².